The summed E-state index contributed by atoms with van der Waals surface area (Å²) >= 11 is 0. The summed E-state index contributed by atoms with van der Waals surface area (Å²) in [6.07, 6.45) is -0.480. The number of carbonyl (C=O) groups excluding carboxylic acids is 1. The smallest absolute Gasteiger partial charge is 0.338 e. The monoisotopic (exact) mass is 399 g/mol. The van der Waals surface area contributed by atoms with Crippen LogP contribution >= 0.6 is 0 Å². The molecule has 0 aliphatic rings. The number of rotatable bonds is 6. The first-order valence-electron chi connectivity index (χ1n) is 8.49. The molecule has 7 heteroatoms. The molecule has 0 aromatic heterocycles. The highest BCUT2D eigenvalue weighted by Gasteiger charge is 2.19. The Kier molecular flexibility index (Phi) is 5.75. The molecule has 0 saturated heterocycles. The lowest BCUT2D eigenvalue weighted by atomic mass is 10.1. The van der Waals surface area contributed by atoms with Crippen LogP contribution in [-0.4, -0.2) is 14.4 Å². The van der Waals surface area contributed by atoms with E-state index in [-0.39, 0.29) is 16.1 Å². The molecule has 0 amide bonds. The minimum atomic E-state index is -3.94. The van der Waals surface area contributed by atoms with Gasteiger partial charge in [0.2, 0.25) is 0 Å². The van der Waals surface area contributed by atoms with Crippen LogP contribution in [0.2, 0.25) is 0 Å². The molecule has 28 heavy (non-hydrogen) atoms. The van der Waals surface area contributed by atoms with Gasteiger partial charge in [-0.25, -0.2) is 17.6 Å². The van der Waals surface area contributed by atoms with Crippen LogP contribution in [0.25, 0.3) is 0 Å². The van der Waals surface area contributed by atoms with E-state index in [0.29, 0.717) is 0 Å². The van der Waals surface area contributed by atoms with Crippen molar-refractivity contribution in [2.24, 2.45) is 0 Å². The topological polar surface area (TPSA) is 72.5 Å². The molecular formula is C21H18FNO4S. The van der Waals surface area contributed by atoms with Gasteiger partial charge >= 0.3 is 5.97 Å². The van der Waals surface area contributed by atoms with Crippen LogP contribution < -0.4 is 4.72 Å². The Bertz CT molecular complexity index is 1070. The lowest BCUT2D eigenvalue weighted by Crippen LogP contribution is -2.14. The molecule has 3 rings (SSSR count). The molecule has 0 heterocycles. The Balaban J connectivity index is 1.77. The fourth-order valence-electron chi connectivity index (χ4n) is 2.54. The van der Waals surface area contributed by atoms with E-state index in [2.05, 4.69) is 4.72 Å². The van der Waals surface area contributed by atoms with Crippen molar-refractivity contribution < 1.29 is 22.3 Å². The number of benzene rings is 3. The zero-order valence-electron chi connectivity index (χ0n) is 15.0. The first-order valence-corrected chi connectivity index (χ1v) is 9.98. The van der Waals surface area contributed by atoms with E-state index >= 15 is 0 Å². The Hall–Kier alpha value is -3.19. The van der Waals surface area contributed by atoms with Crippen LogP contribution in [0.15, 0.2) is 83.8 Å². The number of hydrogen-bond donors (Lipinski definition) is 1. The van der Waals surface area contributed by atoms with Crippen molar-refractivity contribution in [2.45, 2.75) is 17.9 Å². The Morgan fingerprint density at radius 2 is 1.64 bits per heavy atom. The highest BCUT2D eigenvalue weighted by molar-refractivity contribution is 7.92. The van der Waals surface area contributed by atoms with Gasteiger partial charge < -0.3 is 4.74 Å². The van der Waals surface area contributed by atoms with Gasteiger partial charge in [-0.2, -0.15) is 0 Å². The molecular weight excluding hydrogens is 381 g/mol. The highest BCUT2D eigenvalue weighted by Crippen LogP contribution is 2.21. The Labute approximate surface area is 162 Å². The maximum atomic E-state index is 13.0. The summed E-state index contributed by atoms with van der Waals surface area (Å²) in [4.78, 5) is 12.3. The zero-order valence-corrected chi connectivity index (χ0v) is 15.8. The zero-order chi connectivity index (χ0) is 20.1. The average Bonchev–Trinajstić information content (AvgIpc) is 2.70. The van der Waals surface area contributed by atoms with Gasteiger partial charge in [0.25, 0.3) is 10.0 Å². The van der Waals surface area contributed by atoms with E-state index in [1.165, 1.54) is 36.4 Å². The quantitative estimate of drug-likeness (QED) is 0.618. The fourth-order valence-corrected chi connectivity index (χ4v) is 3.65. The molecule has 0 bridgehead atoms. The van der Waals surface area contributed by atoms with Crippen LogP contribution in [0, 0.1) is 5.82 Å². The fraction of sp³-hybridized carbons (Fsp3) is 0.0952. The SMILES string of the molecule is C[C@@H](OC(=O)c1cccc(S(=O)(=O)Nc2ccc(F)cc2)c1)c1ccccc1. The summed E-state index contributed by atoms with van der Waals surface area (Å²) in [5.74, 6) is -1.10. The molecule has 0 aliphatic heterocycles. The van der Waals surface area contributed by atoms with Crippen LogP contribution in [0.3, 0.4) is 0 Å². The maximum absolute atomic E-state index is 13.0. The molecule has 0 radical (unpaired) electrons. The highest BCUT2D eigenvalue weighted by atomic mass is 32.2. The number of anilines is 1. The van der Waals surface area contributed by atoms with Crippen molar-refractivity contribution in [3.05, 3.63) is 95.8 Å². The summed E-state index contributed by atoms with van der Waals surface area (Å²) < 4.78 is 45.9. The van der Waals surface area contributed by atoms with E-state index < -0.39 is 27.9 Å². The summed E-state index contributed by atoms with van der Waals surface area (Å²) in [5, 5.41) is 0. The van der Waals surface area contributed by atoms with E-state index in [1.807, 2.05) is 30.3 Å². The number of sulfonamides is 1. The third-order valence-corrected chi connectivity index (χ3v) is 5.41. The summed E-state index contributed by atoms with van der Waals surface area (Å²) in [6.45, 7) is 1.74. The van der Waals surface area contributed by atoms with E-state index in [9.17, 15) is 17.6 Å². The molecule has 3 aromatic rings. The van der Waals surface area contributed by atoms with Crippen LogP contribution in [-0.2, 0) is 14.8 Å². The van der Waals surface area contributed by atoms with E-state index in [0.717, 1.165) is 17.7 Å². The van der Waals surface area contributed by atoms with Crippen molar-refractivity contribution in [1.29, 1.82) is 0 Å². The summed E-state index contributed by atoms with van der Waals surface area (Å²) in [7, 11) is -3.94. The molecule has 0 unspecified atom stereocenters. The largest absolute Gasteiger partial charge is 0.454 e. The Morgan fingerprint density at radius 3 is 2.32 bits per heavy atom. The number of halogens is 1. The number of carbonyl (C=O) groups is 1. The molecule has 0 saturated carbocycles. The molecule has 3 aromatic carbocycles. The second kappa shape index (κ2) is 8.22. The first kappa shape index (κ1) is 19.6. The average molecular weight is 399 g/mol. The van der Waals surface area contributed by atoms with E-state index in [1.54, 1.807) is 6.92 Å². The van der Waals surface area contributed by atoms with Gasteiger partial charge in [-0.3, -0.25) is 4.72 Å². The standard InChI is InChI=1S/C21H18FNO4S/c1-15(16-6-3-2-4-7-16)27-21(24)17-8-5-9-20(14-17)28(25,26)23-19-12-10-18(22)11-13-19/h2-15,23H,1H3/t15-/m1/s1. The second-order valence-corrected chi connectivity index (χ2v) is 7.78. The normalized spacial score (nSPS) is 12.2. The summed E-state index contributed by atoms with van der Waals surface area (Å²) in [6, 6.07) is 19.7. The van der Waals surface area contributed by atoms with Crippen molar-refractivity contribution in [1.82, 2.24) is 0 Å². The second-order valence-electron chi connectivity index (χ2n) is 6.10. The molecule has 144 valence electrons. The lowest BCUT2D eigenvalue weighted by molar-refractivity contribution is 0.0337. The Morgan fingerprint density at radius 1 is 0.964 bits per heavy atom. The van der Waals surface area contributed by atoms with Crippen molar-refractivity contribution in [3.8, 4) is 0 Å². The first-order chi connectivity index (χ1) is 13.3. The van der Waals surface area contributed by atoms with Gasteiger partial charge in [0.05, 0.1) is 10.5 Å². The number of hydrogen-bond acceptors (Lipinski definition) is 4. The number of nitrogens with one attached hydrogen (secondary N) is 1. The maximum Gasteiger partial charge on any atom is 0.338 e. The minimum absolute atomic E-state index is 0.0985. The van der Waals surface area contributed by atoms with Gasteiger partial charge in [-0.1, -0.05) is 36.4 Å². The van der Waals surface area contributed by atoms with Crippen molar-refractivity contribution >= 4 is 21.7 Å². The van der Waals surface area contributed by atoms with Crippen LogP contribution in [0.4, 0.5) is 10.1 Å². The predicted octanol–water partition coefficient (Wildman–Crippen LogP) is 4.54. The molecule has 0 spiro atoms. The molecule has 5 nitrogen and oxygen atoms in total. The molecule has 0 aliphatic carbocycles. The summed E-state index contributed by atoms with van der Waals surface area (Å²) in [5.41, 5.74) is 1.16. The lowest BCUT2D eigenvalue weighted by Gasteiger charge is -2.14. The van der Waals surface area contributed by atoms with Gasteiger partial charge in [0.15, 0.2) is 0 Å². The van der Waals surface area contributed by atoms with Gasteiger partial charge in [0, 0.05) is 5.69 Å². The van der Waals surface area contributed by atoms with Crippen LogP contribution in [0.5, 0.6) is 0 Å². The minimum Gasteiger partial charge on any atom is -0.454 e. The van der Waals surface area contributed by atoms with Crippen molar-refractivity contribution in [2.75, 3.05) is 4.72 Å². The third kappa shape index (κ3) is 4.75. The molecule has 1 atom stereocenters. The van der Waals surface area contributed by atoms with Gasteiger partial charge in [0.1, 0.15) is 11.9 Å². The predicted molar refractivity (Wildman–Crippen MR) is 104 cm³/mol. The van der Waals surface area contributed by atoms with Crippen molar-refractivity contribution in [3.63, 3.8) is 0 Å². The van der Waals surface area contributed by atoms with Gasteiger partial charge in [-0.15, -0.1) is 0 Å². The molecule has 0 fully saturated rings. The molecule has 1 N–H and O–H groups in total. The number of ether oxygens (including phenoxy) is 1. The number of esters is 1. The van der Waals surface area contributed by atoms with Crippen LogP contribution in [0.1, 0.15) is 28.9 Å². The van der Waals surface area contributed by atoms with Gasteiger partial charge in [-0.05, 0) is 55.0 Å². The van der Waals surface area contributed by atoms with E-state index in [4.69, 9.17) is 4.74 Å². The third-order valence-electron chi connectivity index (χ3n) is 4.03.